The number of amides is 2. The maximum absolute atomic E-state index is 12.2. The number of benzene rings is 2. The van der Waals surface area contributed by atoms with Crippen molar-refractivity contribution >= 4 is 11.8 Å². The number of hydrogen-bond acceptors (Lipinski definition) is 5. The van der Waals surface area contributed by atoms with Crippen LogP contribution in [0.4, 0.5) is 0 Å². The standard InChI is InChI=1S/C19H15N3O4/c23-18(14-11-16(26-22-14)12-6-2-1-3-7-12)20-21-19(24)17-10-13-8-4-5-9-15(13)25-17/h1-9,11,17H,10H2,(H,20,23)(H,21,24)/t17-/m0/s1. The molecule has 130 valence electrons. The number of rotatable bonds is 3. The molecule has 3 aromatic rings. The van der Waals surface area contributed by atoms with Gasteiger partial charge >= 0.3 is 0 Å². The molecule has 0 aliphatic carbocycles. The lowest BCUT2D eigenvalue weighted by Gasteiger charge is -2.11. The molecule has 1 aliphatic rings. The summed E-state index contributed by atoms with van der Waals surface area (Å²) in [5.74, 6) is 0.153. The van der Waals surface area contributed by atoms with E-state index in [4.69, 9.17) is 9.26 Å². The van der Waals surface area contributed by atoms with Crippen LogP contribution in [0.3, 0.4) is 0 Å². The van der Waals surface area contributed by atoms with Gasteiger partial charge in [-0.25, -0.2) is 0 Å². The first-order chi connectivity index (χ1) is 12.7. The molecule has 2 heterocycles. The molecule has 2 aromatic carbocycles. The SMILES string of the molecule is O=C(NNC(=O)[C@@H]1Cc2ccccc2O1)c1cc(-c2ccccc2)on1. The van der Waals surface area contributed by atoms with E-state index < -0.39 is 17.9 Å². The smallest absolute Gasteiger partial charge is 0.291 e. The van der Waals surface area contributed by atoms with E-state index in [1.807, 2.05) is 54.6 Å². The third-order valence-corrected chi connectivity index (χ3v) is 4.04. The van der Waals surface area contributed by atoms with Crippen molar-refractivity contribution in [2.75, 3.05) is 0 Å². The minimum atomic E-state index is -0.676. The van der Waals surface area contributed by atoms with Crippen LogP contribution in [-0.4, -0.2) is 23.1 Å². The quantitative estimate of drug-likeness (QED) is 0.707. The molecule has 7 heteroatoms. The summed E-state index contributed by atoms with van der Waals surface area (Å²) in [5, 5.41) is 3.73. The molecule has 1 aromatic heterocycles. The van der Waals surface area contributed by atoms with Crippen LogP contribution in [0.2, 0.25) is 0 Å². The molecule has 0 saturated heterocycles. The summed E-state index contributed by atoms with van der Waals surface area (Å²) >= 11 is 0. The second-order valence-electron chi connectivity index (χ2n) is 5.80. The van der Waals surface area contributed by atoms with E-state index in [1.54, 1.807) is 0 Å². The Morgan fingerprint density at radius 2 is 1.77 bits per heavy atom. The van der Waals surface area contributed by atoms with Crippen LogP contribution >= 0.6 is 0 Å². The minimum absolute atomic E-state index is 0.0692. The summed E-state index contributed by atoms with van der Waals surface area (Å²) in [7, 11) is 0. The molecule has 0 unspecified atom stereocenters. The Balaban J connectivity index is 1.35. The van der Waals surface area contributed by atoms with Crippen molar-refractivity contribution in [2.45, 2.75) is 12.5 Å². The molecule has 4 rings (SSSR count). The van der Waals surface area contributed by atoms with Gasteiger partial charge in [-0.1, -0.05) is 53.7 Å². The molecule has 2 amide bonds. The van der Waals surface area contributed by atoms with E-state index >= 15 is 0 Å². The van der Waals surface area contributed by atoms with Gasteiger partial charge in [0.05, 0.1) is 0 Å². The average molecular weight is 349 g/mol. The molecule has 7 nitrogen and oxygen atoms in total. The predicted octanol–water partition coefficient (Wildman–Crippen LogP) is 2.11. The summed E-state index contributed by atoms with van der Waals surface area (Å²) in [6.45, 7) is 0. The molecule has 1 atom stereocenters. The molecule has 0 fully saturated rings. The fourth-order valence-electron chi connectivity index (χ4n) is 2.71. The van der Waals surface area contributed by atoms with Crippen LogP contribution in [-0.2, 0) is 11.2 Å². The van der Waals surface area contributed by atoms with Crippen molar-refractivity contribution in [1.29, 1.82) is 0 Å². The topological polar surface area (TPSA) is 93.5 Å². The number of hydrazine groups is 1. The number of nitrogens with zero attached hydrogens (tertiary/aromatic N) is 1. The molecule has 2 N–H and O–H groups in total. The van der Waals surface area contributed by atoms with E-state index in [-0.39, 0.29) is 5.69 Å². The van der Waals surface area contributed by atoms with Crippen LogP contribution < -0.4 is 15.6 Å². The number of para-hydroxylation sites is 1. The number of carbonyl (C=O) groups excluding carboxylic acids is 2. The third-order valence-electron chi connectivity index (χ3n) is 4.04. The van der Waals surface area contributed by atoms with Crippen LogP contribution in [0.5, 0.6) is 5.75 Å². The highest BCUT2D eigenvalue weighted by molar-refractivity contribution is 5.95. The first kappa shape index (κ1) is 15.9. The van der Waals surface area contributed by atoms with E-state index in [2.05, 4.69) is 16.0 Å². The van der Waals surface area contributed by atoms with Gasteiger partial charge in [0.25, 0.3) is 11.8 Å². The summed E-state index contributed by atoms with van der Waals surface area (Å²) in [5.41, 5.74) is 6.52. The van der Waals surface area contributed by atoms with Gasteiger partial charge in [-0.15, -0.1) is 0 Å². The monoisotopic (exact) mass is 349 g/mol. The Kier molecular flexibility index (Phi) is 4.10. The fourth-order valence-corrected chi connectivity index (χ4v) is 2.71. The Hall–Kier alpha value is -3.61. The lowest BCUT2D eigenvalue weighted by Crippen LogP contribution is -2.47. The maximum atomic E-state index is 12.2. The zero-order valence-corrected chi connectivity index (χ0v) is 13.6. The number of ether oxygens (including phenoxy) is 1. The second-order valence-corrected chi connectivity index (χ2v) is 5.80. The molecule has 26 heavy (non-hydrogen) atoms. The minimum Gasteiger partial charge on any atom is -0.480 e. The van der Waals surface area contributed by atoms with Crippen molar-refractivity contribution < 1.29 is 18.8 Å². The normalized spacial score (nSPS) is 15.0. The van der Waals surface area contributed by atoms with Crippen molar-refractivity contribution in [3.05, 3.63) is 71.9 Å². The first-order valence-corrected chi connectivity index (χ1v) is 8.07. The van der Waals surface area contributed by atoms with Crippen molar-refractivity contribution in [2.24, 2.45) is 0 Å². The van der Waals surface area contributed by atoms with Gasteiger partial charge < -0.3 is 9.26 Å². The summed E-state index contributed by atoms with van der Waals surface area (Å²) in [4.78, 5) is 24.3. The number of aromatic nitrogens is 1. The number of hydrogen-bond donors (Lipinski definition) is 2. The molecule has 0 spiro atoms. The van der Waals surface area contributed by atoms with Gasteiger partial charge in [0.15, 0.2) is 17.6 Å². The Labute approximate surface area is 148 Å². The molecular weight excluding hydrogens is 334 g/mol. The van der Waals surface area contributed by atoms with Gasteiger partial charge in [0, 0.05) is 18.1 Å². The van der Waals surface area contributed by atoms with Crippen LogP contribution in [0.1, 0.15) is 16.1 Å². The first-order valence-electron chi connectivity index (χ1n) is 8.07. The molecule has 0 radical (unpaired) electrons. The molecule has 0 saturated carbocycles. The fraction of sp³-hybridized carbons (Fsp3) is 0.105. The van der Waals surface area contributed by atoms with E-state index in [0.717, 1.165) is 11.1 Å². The predicted molar refractivity (Wildman–Crippen MR) is 92.1 cm³/mol. The largest absolute Gasteiger partial charge is 0.480 e. The molecular formula is C19H15N3O4. The van der Waals surface area contributed by atoms with Gasteiger partial charge in [-0.05, 0) is 11.6 Å². The summed E-state index contributed by atoms with van der Waals surface area (Å²) in [6, 6.07) is 18.2. The third kappa shape index (κ3) is 3.14. The number of carbonyl (C=O) groups is 2. The number of nitrogens with one attached hydrogen (secondary N) is 2. The van der Waals surface area contributed by atoms with E-state index in [1.165, 1.54) is 6.07 Å². The van der Waals surface area contributed by atoms with Crippen LogP contribution in [0, 0.1) is 0 Å². The lowest BCUT2D eigenvalue weighted by atomic mass is 10.1. The highest BCUT2D eigenvalue weighted by Gasteiger charge is 2.29. The van der Waals surface area contributed by atoms with E-state index in [0.29, 0.717) is 17.9 Å². The van der Waals surface area contributed by atoms with E-state index in [9.17, 15) is 9.59 Å². The van der Waals surface area contributed by atoms with Gasteiger partial charge in [-0.2, -0.15) is 0 Å². The molecule has 1 aliphatic heterocycles. The second kappa shape index (κ2) is 6.72. The number of fused-ring (bicyclic) bond motifs is 1. The van der Waals surface area contributed by atoms with Crippen LogP contribution in [0.25, 0.3) is 11.3 Å². The maximum Gasteiger partial charge on any atom is 0.291 e. The summed E-state index contributed by atoms with van der Waals surface area (Å²) in [6.07, 6.45) is -0.218. The van der Waals surface area contributed by atoms with Crippen molar-refractivity contribution in [3.8, 4) is 17.1 Å². The van der Waals surface area contributed by atoms with Crippen LogP contribution in [0.15, 0.2) is 65.2 Å². The Morgan fingerprint density at radius 1 is 1.00 bits per heavy atom. The highest BCUT2D eigenvalue weighted by atomic mass is 16.5. The lowest BCUT2D eigenvalue weighted by molar-refractivity contribution is -0.128. The van der Waals surface area contributed by atoms with Gasteiger partial charge in [-0.3, -0.25) is 20.4 Å². The summed E-state index contributed by atoms with van der Waals surface area (Å²) < 4.78 is 10.7. The average Bonchev–Trinajstić information content (AvgIpc) is 3.33. The Bertz CT molecular complexity index is 927. The Morgan fingerprint density at radius 3 is 2.58 bits per heavy atom. The van der Waals surface area contributed by atoms with Crippen molar-refractivity contribution in [1.82, 2.24) is 16.0 Å². The highest BCUT2D eigenvalue weighted by Crippen LogP contribution is 2.28. The zero-order chi connectivity index (χ0) is 17.9. The molecule has 0 bridgehead atoms. The zero-order valence-electron chi connectivity index (χ0n) is 13.6. The van der Waals surface area contributed by atoms with Crippen molar-refractivity contribution in [3.63, 3.8) is 0 Å². The van der Waals surface area contributed by atoms with Gasteiger partial charge in [0.2, 0.25) is 0 Å². The van der Waals surface area contributed by atoms with Gasteiger partial charge in [0.1, 0.15) is 5.75 Å².